The molecular formula is C14H28N2. The fourth-order valence-electron chi connectivity index (χ4n) is 3.40. The van der Waals surface area contributed by atoms with E-state index in [4.69, 9.17) is 0 Å². The van der Waals surface area contributed by atoms with E-state index in [1.807, 2.05) is 0 Å². The van der Waals surface area contributed by atoms with Crippen molar-refractivity contribution in [2.75, 3.05) is 13.6 Å². The molecule has 1 aliphatic carbocycles. The molecule has 0 aromatic carbocycles. The molecule has 2 rings (SSSR count). The Morgan fingerprint density at radius 3 is 2.44 bits per heavy atom. The molecule has 1 saturated carbocycles. The van der Waals surface area contributed by atoms with Gasteiger partial charge in [0.15, 0.2) is 0 Å². The number of likely N-dealkylation sites (N-methyl/N-ethyl adjacent to an activating group) is 1. The summed E-state index contributed by atoms with van der Waals surface area (Å²) in [6.45, 7) is 3.59. The summed E-state index contributed by atoms with van der Waals surface area (Å²) < 4.78 is 0. The van der Waals surface area contributed by atoms with Crippen LogP contribution in [0.15, 0.2) is 0 Å². The number of rotatable bonds is 3. The quantitative estimate of drug-likeness (QED) is 0.793. The molecule has 1 N–H and O–H groups in total. The summed E-state index contributed by atoms with van der Waals surface area (Å²) >= 11 is 0. The first-order valence-corrected chi connectivity index (χ1v) is 7.22. The van der Waals surface area contributed by atoms with Crippen LogP contribution in [0.4, 0.5) is 0 Å². The Morgan fingerprint density at radius 2 is 1.75 bits per heavy atom. The first-order valence-electron chi connectivity index (χ1n) is 7.22. The Bertz CT molecular complexity index is 199. The van der Waals surface area contributed by atoms with Crippen molar-refractivity contribution in [1.82, 2.24) is 10.2 Å². The second kappa shape index (κ2) is 6.02. The van der Waals surface area contributed by atoms with E-state index in [1.54, 1.807) is 0 Å². The van der Waals surface area contributed by atoms with Crippen LogP contribution in [0.1, 0.15) is 58.3 Å². The highest BCUT2D eigenvalue weighted by Gasteiger charge is 2.23. The molecule has 1 aliphatic heterocycles. The summed E-state index contributed by atoms with van der Waals surface area (Å²) in [4.78, 5) is 2.62. The van der Waals surface area contributed by atoms with Crippen molar-refractivity contribution in [3.63, 3.8) is 0 Å². The minimum atomic E-state index is 0.735. The fraction of sp³-hybridized carbons (Fsp3) is 1.00. The first kappa shape index (κ1) is 12.4. The monoisotopic (exact) mass is 224 g/mol. The second-order valence-corrected chi connectivity index (χ2v) is 5.93. The number of piperidine rings is 1. The first-order chi connectivity index (χ1) is 7.75. The lowest BCUT2D eigenvalue weighted by Crippen LogP contribution is -2.48. The van der Waals surface area contributed by atoms with Crippen LogP contribution in [0.5, 0.6) is 0 Å². The third-order valence-electron chi connectivity index (χ3n) is 4.42. The molecule has 0 spiro atoms. The lowest BCUT2D eigenvalue weighted by Gasteiger charge is -2.36. The third-order valence-corrected chi connectivity index (χ3v) is 4.42. The molecule has 0 radical (unpaired) electrons. The molecule has 16 heavy (non-hydrogen) atoms. The second-order valence-electron chi connectivity index (χ2n) is 5.93. The van der Waals surface area contributed by atoms with Gasteiger partial charge in [-0.1, -0.05) is 25.7 Å². The summed E-state index contributed by atoms with van der Waals surface area (Å²) in [5.74, 6) is 0. The molecular weight excluding hydrogens is 196 g/mol. The Kier molecular flexibility index (Phi) is 4.66. The molecule has 0 aromatic rings. The van der Waals surface area contributed by atoms with Gasteiger partial charge in [-0.2, -0.15) is 0 Å². The zero-order valence-electron chi connectivity index (χ0n) is 11.0. The van der Waals surface area contributed by atoms with Gasteiger partial charge >= 0.3 is 0 Å². The Labute approximate surface area is 101 Å². The van der Waals surface area contributed by atoms with E-state index in [0.717, 1.165) is 18.1 Å². The van der Waals surface area contributed by atoms with Gasteiger partial charge < -0.3 is 10.2 Å². The minimum Gasteiger partial charge on any atom is -0.310 e. The maximum Gasteiger partial charge on any atom is 0.0197 e. The Morgan fingerprint density at radius 1 is 1.00 bits per heavy atom. The molecule has 0 bridgehead atoms. The average molecular weight is 224 g/mol. The van der Waals surface area contributed by atoms with Crippen LogP contribution in [0, 0.1) is 0 Å². The molecule has 1 heterocycles. The summed E-state index contributed by atoms with van der Waals surface area (Å²) in [5.41, 5.74) is 0. The molecule has 2 atom stereocenters. The lowest BCUT2D eigenvalue weighted by molar-refractivity contribution is 0.159. The van der Waals surface area contributed by atoms with Gasteiger partial charge in [-0.05, 0) is 39.7 Å². The van der Waals surface area contributed by atoms with Gasteiger partial charge in [-0.3, -0.25) is 0 Å². The van der Waals surface area contributed by atoms with Gasteiger partial charge in [0, 0.05) is 24.7 Å². The Balaban J connectivity index is 1.74. The zero-order chi connectivity index (χ0) is 11.4. The van der Waals surface area contributed by atoms with Gasteiger partial charge in [0.1, 0.15) is 0 Å². The van der Waals surface area contributed by atoms with Crippen LogP contribution in [0.3, 0.4) is 0 Å². The molecule has 2 aliphatic rings. The van der Waals surface area contributed by atoms with Crippen molar-refractivity contribution in [3.05, 3.63) is 0 Å². The largest absolute Gasteiger partial charge is 0.310 e. The molecule has 94 valence electrons. The van der Waals surface area contributed by atoms with Crippen molar-refractivity contribution >= 4 is 0 Å². The summed E-state index contributed by atoms with van der Waals surface area (Å²) in [5, 5.41) is 3.74. The number of hydrogen-bond donors (Lipinski definition) is 1. The number of hydrogen-bond acceptors (Lipinski definition) is 2. The minimum absolute atomic E-state index is 0.735. The molecule has 2 nitrogen and oxygen atoms in total. The van der Waals surface area contributed by atoms with Crippen molar-refractivity contribution in [1.29, 1.82) is 0 Å². The standard InChI is InChI=1S/C14H28N2/c1-12-7-6-8-13(15-12)11-16(2)14-9-4-3-5-10-14/h12-15H,3-11H2,1-2H3. The third kappa shape index (κ3) is 3.46. The van der Waals surface area contributed by atoms with Crippen molar-refractivity contribution in [2.24, 2.45) is 0 Å². The van der Waals surface area contributed by atoms with E-state index in [1.165, 1.54) is 57.9 Å². The molecule has 0 aromatic heterocycles. The van der Waals surface area contributed by atoms with E-state index >= 15 is 0 Å². The van der Waals surface area contributed by atoms with Gasteiger partial charge in [-0.15, -0.1) is 0 Å². The molecule has 2 unspecified atom stereocenters. The van der Waals surface area contributed by atoms with Crippen molar-refractivity contribution in [2.45, 2.75) is 76.4 Å². The summed E-state index contributed by atoms with van der Waals surface area (Å²) in [7, 11) is 2.33. The van der Waals surface area contributed by atoms with Crippen LogP contribution in [0.2, 0.25) is 0 Å². The lowest BCUT2D eigenvalue weighted by atomic mass is 9.93. The fourth-order valence-corrected chi connectivity index (χ4v) is 3.40. The molecule has 2 heteroatoms. The predicted molar refractivity (Wildman–Crippen MR) is 69.7 cm³/mol. The van der Waals surface area contributed by atoms with Crippen LogP contribution >= 0.6 is 0 Å². The summed E-state index contributed by atoms with van der Waals surface area (Å²) in [6.07, 6.45) is 11.4. The maximum atomic E-state index is 3.74. The highest BCUT2D eigenvalue weighted by molar-refractivity contribution is 4.82. The normalized spacial score (nSPS) is 33.2. The number of nitrogens with one attached hydrogen (secondary N) is 1. The van der Waals surface area contributed by atoms with E-state index in [9.17, 15) is 0 Å². The Hall–Kier alpha value is -0.0800. The zero-order valence-corrected chi connectivity index (χ0v) is 11.0. The highest BCUT2D eigenvalue weighted by Crippen LogP contribution is 2.22. The summed E-state index contributed by atoms with van der Waals surface area (Å²) in [6, 6.07) is 2.35. The van der Waals surface area contributed by atoms with E-state index in [-0.39, 0.29) is 0 Å². The van der Waals surface area contributed by atoms with Gasteiger partial charge in [0.2, 0.25) is 0 Å². The van der Waals surface area contributed by atoms with Crippen molar-refractivity contribution < 1.29 is 0 Å². The van der Waals surface area contributed by atoms with Gasteiger partial charge in [0.05, 0.1) is 0 Å². The predicted octanol–water partition coefficient (Wildman–Crippen LogP) is 2.78. The average Bonchev–Trinajstić information content (AvgIpc) is 2.30. The molecule has 1 saturated heterocycles. The smallest absolute Gasteiger partial charge is 0.0197 e. The van der Waals surface area contributed by atoms with Crippen LogP contribution in [-0.4, -0.2) is 36.6 Å². The van der Waals surface area contributed by atoms with Crippen LogP contribution in [-0.2, 0) is 0 Å². The van der Waals surface area contributed by atoms with E-state index < -0.39 is 0 Å². The van der Waals surface area contributed by atoms with Gasteiger partial charge in [-0.25, -0.2) is 0 Å². The number of nitrogens with zero attached hydrogens (tertiary/aromatic N) is 1. The van der Waals surface area contributed by atoms with E-state index in [2.05, 4.69) is 24.2 Å². The molecule has 0 amide bonds. The SMILES string of the molecule is CC1CCCC(CN(C)C2CCCCC2)N1. The maximum absolute atomic E-state index is 3.74. The molecule has 2 fully saturated rings. The van der Waals surface area contributed by atoms with E-state index in [0.29, 0.717) is 0 Å². The van der Waals surface area contributed by atoms with Crippen LogP contribution in [0.25, 0.3) is 0 Å². The van der Waals surface area contributed by atoms with Gasteiger partial charge in [0.25, 0.3) is 0 Å². The topological polar surface area (TPSA) is 15.3 Å². The van der Waals surface area contributed by atoms with Crippen LogP contribution < -0.4 is 5.32 Å². The highest BCUT2D eigenvalue weighted by atomic mass is 15.2. The van der Waals surface area contributed by atoms with Crippen molar-refractivity contribution in [3.8, 4) is 0 Å².